The molecule has 4 heterocycles. The summed E-state index contributed by atoms with van der Waals surface area (Å²) < 4.78 is 2.28. The van der Waals surface area contributed by atoms with Gasteiger partial charge < -0.3 is 9.47 Å². The summed E-state index contributed by atoms with van der Waals surface area (Å²) in [4.78, 5) is 20.5. The number of nitrogens with zero attached hydrogens (tertiary/aromatic N) is 6. The number of anilines is 1. The molecule has 3 aromatic heterocycles. The smallest absolute Gasteiger partial charge is 0.135 e. The van der Waals surface area contributed by atoms with E-state index in [0.29, 0.717) is 5.92 Å². The maximum absolute atomic E-state index is 4.80. The van der Waals surface area contributed by atoms with Crippen LogP contribution in [0.5, 0.6) is 0 Å². The van der Waals surface area contributed by atoms with E-state index >= 15 is 0 Å². The largest absolute Gasteiger partial charge is 0.356 e. The van der Waals surface area contributed by atoms with E-state index in [4.69, 9.17) is 9.97 Å². The lowest BCUT2D eigenvalue weighted by Crippen LogP contribution is -2.36. The minimum absolute atomic E-state index is 0.412. The fourth-order valence-corrected chi connectivity index (χ4v) is 4.08. The Morgan fingerprint density at radius 3 is 2.82 bits per heavy atom. The van der Waals surface area contributed by atoms with Crippen molar-refractivity contribution in [2.45, 2.75) is 52.0 Å². The van der Waals surface area contributed by atoms with Crippen LogP contribution in [0.25, 0.3) is 0 Å². The molecule has 0 N–H and O–H groups in total. The topological polar surface area (TPSA) is 59.7 Å². The van der Waals surface area contributed by atoms with Gasteiger partial charge in [-0.15, -0.1) is 0 Å². The monoisotopic (exact) mass is 376 g/mol. The third-order valence-electron chi connectivity index (χ3n) is 5.42. The van der Waals surface area contributed by atoms with E-state index in [0.717, 1.165) is 57.0 Å². The molecule has 6 nitrogen and oxygen atoms in total. The molecule has 0 bridgehead atoms. The molecule has 4 rings (SSSR count). The van der Waals surface area contributed by atoms with Crippen molar-refractivity contribution in [1.29, 1.82) is 0 Å². The van der Waals surface area contributed by atoms with Crippen LogP contribution in [0, 0.1) is 6.92 Å². The molecule has 1 fully saturated rings. The van der Waals surface area contributed by atoms with E-state index in [1.807, 2.05) is 31.7 Å². The lowest BCUT2D eigenvalue weighted by molar-refractivity contribution is 0.472. The van der Waals surface area contributed by atoms with Crippen LogP contribution in [0.2, 0.25) is 0 Å². The zero-order valence-corrected chi connectivity index (χ0v) is 16.8. The van der Waals surface area contributed by atoms with Crippen molar-refractivity contribution in [2.24, 2.45) is 0 Å². The lowest BCUT2D eigenvalue weighted by atomic mass is 9.96. The van der Waals surface area contributed by atoms with E-state index in [1.165, 1.54) is 17.0 Å². The van der Waals surface area contributed by atoms with Crippen molar-refractivity contribution >= 4 is 5.82 Å². The van der Waals surface area contributed by atoms with Crippen LogP contribution in [-0.2, 0) is 13.0 Å². The second-order valence-corrected chi connectivity index (χ2v) is 7.57. The molecule has 0 unspecified atom stereocenters. The fourth-order valence-electron chi connectivity index (χ4n) is 4.08. The summed E-state index contributed by atoms with van der Waals surface area (Å²) in [6.07, 6.45) is 14.2. The van der Waals surface area contributed by atoms with Crippen molar-refractivity contribution < 1.29 is 0 Å². The standard InChI is InChI=1S/C22H28N6/c1-3-5-19-14-25-17(2)26-22(19)27-12-4-6-20(16-27)21-24-11-13-28(21)15-18-7-9-23-10-8-18/h7-11,13-14,20H,3-6,12,15-16H2,1-2H3/t20-/m1/s1. The van der Waals surface area contributed by atoms with Gasteiger partial charge in [-0.05, 0) is 43.9 Å². The van der Waals surface area contributed by atoms with Gasteiger partial charge in [0.15, 0.2) is 0 Å². The molecular formula is C22H28N6. The summed E-state index contributed by atoms with van der Waals surface area (Å²) >= 11 is 0. The molecule has 1 saturated heterocycles. The van der Waals surface area contributed by atoms with Crippen LogP contribution in [0.3, 0.4) is 0 Å². The predicted octanol–water partition coefficient (Wildman–Crippen LogP) is 3.76. The third-order valence-corrected chi connectivity index (χ3v) is 5.42. The van der Waals surface area contributed by atoms with E-state index in [9.17, 15) is 0 Å². The first-order valence-electron chi connectivity index (χ1n) is 10.2. The molecule has 28 heavy (non-hydrogen) atoms. The molecule has 1 aliphatic heterocycles. The summed E-state index contributed by atoms with van der Waals surface area (Å²) in [5, 5.41) is 0. The van der Waals surface area contributed by atoms with Gasteiger partial charge in [-0.1, -0.05) is 13.3 Å². The first-order valence-corrected chi connectivity index (χ1v) is 10.2. The van der Waals surface area contributed by atoms with Gasteiger partial charge in [0.2, 0.25) is 0 Å². The number of hydrogen-bond acceptors (Lipinski definition) is 5. The van der Waals surface area contributed by atoms with Crippen LogP contribution in [-0.4, -0.2) is 37.6 Å². The number of aromatic nitrogens is 5. The zero-order chi connectivity index (χ0) is 19.3. The van der Waals surface area contributed by atoms with Gasteiger partial charge in [-0.2, -0.15) is 0 Å². The Balaban J connectivity index is 1.56. The normalized spacial score (nSPS) is 17.1. The maximum Gasteiger partial charge on any atom is 0.135 e. The number of aryl methyl sites for hydroxylation is 2. The summed E-state index contributed by atoms with van der Waals surface area (Å²) in [6, 6.07) is 4.13. The minimum atomic E-state index is 0.412. The molecule has 0 aromatic carbocycles. The number of pyridine rings is 1. The minimum Gasteiger partial charge on any atom is -0.356 e. The molecule has 1 aliphatic rings. The Morgan fingerprint density at radius 2 is 2.00 bits per heavy atom. The Labute approximate surface area is 166 Å². The fraction of sp³-hybridized carbons (Fsp3) is 0.455. The third kappa shape index (κ3) is 4.06. The highest BCUT2D eigenvalue weighted by Crippen LogP contribution is 2.30. The van der Waals surface area contributed by atoms with Gasteiger partial charge in [0.25, 0.3) is 0 Å². The zero-order valence-electron chi connectivity index (χ0n) is 16.8. The van der Waals surface area contributed by atoms with Crippen LogP contribution in [0.1, 0.15) is 54.9 Å². The average Bonchev–Trinajstić information content (AvgIpc) is 3.18. The van der Waals surface area contributed by atoms with E-state index in [1.54, 1.807) is 0 Å². The van der Waals surface area contributed by atoms with Crippen molar-refractivity contribution in [2.75, 3.05) is 18.0 Å². The second kappa shape index (κ2) is 8.50. The first-order chi connectivity index (χ1) is 13.7. The molecule has 0 radical (unpaired) electrons. The SMILES string of the molecule is CCCc1cnc(C)nc1N1CCC[C@@H](c2nccn2Cc2ccncc2)C1. The highest BCUT2D eigenvalue weighted by Gasteiger charge is 2.27. The number of imidazole rings is 1. The van der Waals surface area contributed by atoms with Crippen molar-refractivity contribution in [3.63, 3.8) is 0 Å². The second-order valence-electron chi connectivity index (χ2n) is 7.57. The van der Waals surface area contributed by atoms with Gasteiger partial charge in [0, 0.05) is 62.1 Å². The van der Waals surface area contributed by atoms with Crippen LogP contribution in [0.15, 0.2) is 43.1 Å². The van der Waals surface area contributed by atoms with Crippen molar-refractivity contribution in [3.05, 3.63) is 65.9 Å². The van der Waals surface area contributed by atoms with E-state index < -0.39 is 0 Å². The van der Waals surface area contributed by atoms with Crippen molar-refractivity contribution in [1.82, 2.24) is 24.5 Å². The van der Waals surface area contributed by atoms with Crippen molar-refractivity contribution in [3.8, 4) is 0 Å². The molecule has 0 amide bonds. The van der Waals surface area contributed by atoms with E-state index in [-0.39, 0.29) is 0 Å². The predicted molar refractivity (Wildman–Crippen MR) is 111 cm³/mol. The number of hydrogen-bond donors (Lipinski definition) is 0. The molecule has 3 aromatic rings. The molecule has 6 heteroatoms. The van der Waals surface area contributed by atoms with Gasteiger partial charge >= 0.3 is 0 Å². The Hall–Kier alpha value is -2.76. The maximum atomic E-state index is 4.80. The molecular weight excluding hydrogens is 348 g/mol. The summed E-state index contributed by atoms with van der Waals surface area (Å²) in [5.41, 5.74) is 2.51. The van der Waals surface area contributed by atoms with Gasteiger partial charge in [0.1, 0.15) is 17.5 Å². The average molecular weight is 377 g/mol. The highest BCUT2D eigenvalue weighted by atomic mass is 15.2. The van der Waals surface area contributed by atoms with Gasteiger partial charge in [0.05, 0.1) is 0 Å². The lowest BCUT2D eigenvalue weighted by Gasteiger charge is -2.34. The summed E-state index contributed by atoms with van der Waals surface area (Å²) in [5.74, 6) is 3.54. The van der Waals surface area contributed by atoms with Crippen LogP contribution in [0.4, 0.5) is 5.82 Å². The van der Waals surface area contributed by atoms with Gasteiger partial charge in [-0.25, -0.2) is 15.0 Å². The molecule has 1 atom stereocenters. The molecule has 0 aliphatic carbocycles. The molecule has 0 spiro atoms. The highest BCUT2D eigenvalue weighted by molar-refractivity contribution is 5.47. The number of piperidine rings is 1. The molecule has 146 valence electrons. The summed E-state index contributed by atoms with van der Waals surface area (Å²) in [6.45, 7) is 7.03. The van der Waals surface area contributed by atoms with E-state index in [2.05, 4.69) is 44.7 Å². The first kappa shape index (κ1) is 18.6. The summed E-state index contributed by atoms with van der Waals surface area (Å²) in [7, 11) is 0. The Kier molecular flexibility index (Phi) is 5.65. The Bertz CT molecular complexity index is 904. The number of rotatable bonds is 6. The van der Waals surface area contributed by atoms with Crippen LogP contribution >= 0.6 is 0 Å². The van der Waals surface area contributed by atoms with Gasteiger partial charge in [-0.3, -0.25) is 4.98 Å². The Morgan fingerprint density at radius 1 is 1.14 bits per heavy atom. The van der Waals surface area contributed by atoms with Crippen LogP contribution < -0.4 is 4.90 Å². The molecule has 0 saturated carbocycles. The quantitative estimate of drug-likeness (QED) is 0.655.